The lowest BCUT2D eigenvalue weighted by Crippen LogP contribution is -2.12. The molecule has 1 heterocycles. The molecule has 0 unspecified atom stereocenters. The minimum absolute atomic E-state index is 0.727. The molecule has 1 heteroatoms. The third kappa shape index (κ3) is 2.77. The van der Waals surface area contributed by atoms with Crippen molar-refractivity contribution in [1.29, 1.82) is 0 Å². The Labute approximate surface area is 87.2 Å². The van der Waals surface area contributed by atoms with Crippen molar-refractivity contribution in [3.63, 3.8) is 0 Å². The molecule has 0 bridgehead atoms. The molecule has 0 radical (unpaired) electrons. The Hall–Kier alpha value is 0.0900. The molecule has 0 N–H and O–H groups in total. The summed E-state index contributed by atoms with van der Waals surface area (Å²) >= 11 is 2.11. The summed E-state index contributed by atoms with van der Waals surface area (Å²) in [4.78, 5) is 1.67. The Morgan fingerprint density at radius 2 is 1.77 bits per heavy atom. The lowest BCUT2D eigenvalue weighted by molar-refractivity contribution is 0.641. The van der Waals surface area contributed by atoms with E-state index in [1.165, 1.54) is 12.8 Å². The lowest BCUT2D eigenvalue weighted by atomic mass is 9.93. The third-order valence-corrected chi connectivity index (χ3v) is 4.31. The molecule has 76 valence electrons. The fraction of sp³-hybridized carbons (Fsp3) is 0.833. The molecule has 0 amide bonds. The minimum Gasteiger partial charge on any atom is -0.127 e. The Kier molecular flexibility index (Phi) is 3.90. The average Bonchev–Trinajstić information content (AvgIpc) is 2.03. The molecule has 0 saturated carbocycles. The zero-order valence-corrected chi connectivity index (χ0v) is 10.4. The molecule has 1 aliphatic heterocycles. The van der Waals surface area contributed by atoms with Crippen LogP contribution in [0.2, 0.25) is 0 Å². The number of allylic oxidation sites excluding steroid dienone is 2. The number of hydrogen-bond acceptors (Lipinski definition) is 1. The highest BCUT2D eigenvalue weighted by molar-refractivity contribution is 8.03. The first-order chi connectivity index (χ1) is 6.02. The highest BCUT2D eigenvalue weighted by atomic mass is 32.2. The van der Waals surface area contributed by atoms with Gasteiger partial charge in [-0.2, -0.15) is 0 Å². The Morgan fingerprint density at radius 1 is 1.15 bits per heavy atom. The molecule has 0 aromatic carbocycles. The van der Waals surface area contributed by atoms with Gasteiger partial charge in [-0.3, -0.25) is 0 Å². The molecule has 0 aromatic heterocycles. The van der Waals surface area contributed by atoms with Crippen molar-refractivity contribution in [2.45, 2.75) is 52.7 Å². The van der Waals surface area contributed by atoms with Crippen molar-refractivity contribution in [3.05, 3.63) is 10.5 Å². The second kappa shape index (κ2) is 4.54. The van der Waals surface area contributed by atoms with Gasteiger partial charge in [0.1, 0.15) is 0 Å². The summed E-state index contributed by atoms with van der Waals surface area (Å²) in [6.45, 7) is 11.7. The van der Waals surface area contributed by atoms with Gasteiger partial charge >= 0.3 is 0 Å². The van der Waals surface area contributed by atoms with Crippen LogP contribution in [0.3, 0.4) is 0 Å². The van der Waals surface area contributed by atoms with Gasteiger partial charge in [-0.25, -0.2) is 0 Å². The Balaban J connectivity index is 2.87. The second-order valence-corrected chi connectivity index (χ2v) is 6.15. The van der Waals surface area contributed by atoms with Gasteiger partial charge in [0.2, 0.25) is 0 Å². The van der Waals surface area contributed by atoms with Crippen molar-refractivity contribution >= 4 is 11.8 Å². The summed E-state index contributed by atoms with van der Waals surface area (Å²) in [6, 6.07) is 0. The van der Waals surface area contributed by atoms with Gasteiger partial charge in [0.15, 0.2) is 0 Å². The van der Waals surface area contributed by atoms with Crippen LogP contribution in [0.25, 0.3) is 0 Å². The maximum atomic E-state index is 2.35. The summed E-state index contributed by atoms with van der Waals surface area (Å²) in [5.41, 5.74) is 1.72. The predicted octanol–water partition coefficient (Wildman–Crippen LogP) is 4.47. The van der Waals surface area contributed by atoms with Crippen LogP contribution in [0.1, 0.15) is 47.5 Å². The molecule has 0 fully saturated rings. The Morgan fingerprint density at radius 3 is 2.23 bits per heavy atom. The largest absolute Gasteiger partial charge is 0.127 e. The van der Waals surface area contributed by atoms with Gasteiger partial charge in [0, 0.05) is 5.25 Å². The molecule has 13 heavy (non-hydrogen) atoms. The summed E-state index contributed by atoms with van der Waals surface area (Å²) in [7, 11) is 0. The summed E-state index contributed by atoms with van der Waals surface area (Å²) in [5, 5.41) is 0.833. The summed E-state index contributed by atoms with van der Waals surface area (Å²) in [6.07, 6.45) is 2.70. The first-order valence-corrected chi connectivity index (χ1v) is 6.30. The number of rotatable bonds is 2. The van der Waals surface area contributed by atoms with Crippen LogP contribution in [0.5, 0.6) is 0 Å². The average molecular weight is 198 g/mol. The van der Waals surface area contributed by atoms with Crippen LogP contribution in [0, 0.1) is 11.8 Å². The monoisotopic (exact) mass is 198 g/mol. The highest BCUT2D eigenvalue weighted by Crippen LogP contribution is 2.41. The molecule has 0 aromatic rings. The van der Waals surface area contributed by atoms with E-state index in [0.29, 0.717) is 0 Å². The van der Waals surface area contributed by atoms with Crippen LogP contribution < -0.4 is 0 Å². The number of thioether (sulfide) groups is 1. The summed E-state index contributed by atoms with van der Waals surface area (Å²) < 4.78 is 0. The van der Waals surface area contributed by atoms with Gasteiger partial charge < -0.3 is 0 Å². The molecule has 0 aliphatic carbocycles. The van der Waals surface area contributed by atoms with E-state index in [2.05, 4.69) is 46.4 Å². The van der Waals surface area contributed by atoms with Crippen LogP contribution in [0.4, 0.5) is 0 Å². The van der Waals surface area contributed by atoms with Crippen LogP contribution in [-0.4, -0.2) is 5.25 Å². The van der Waals surface area contributed by atoms with E-state index in [0.717, 1.165) is 17.1 Å². The zero-order chi connectivity index (χ0) is 10.0. The maximum Gasteiger partial charge on any atom is 0.00660 e. The topological polar surface area (TPSA) is 0 Å². The Bertz CT molecular complexity index is 201. The normalized spacial score (nSPS) is 24.7. The molecular weight excluding hydrogens is 176 g/mol. The first kappa shape index (κ1) is 11.2. The first-order valence-electron chi connectivity index (χ1n) is 5.42. The van der Waals surface area contributed by atoms with E-state index in [1.54, 1.807) is 10.5 Å². The quantitative estimate of drug-likeness (QED) is 0.631. The van der Waals surface area contributed by atoms with E-state index in [-0.39, 0.29) is 0 Å². The fourth-order valence-electron chi connectivity index (χ4n) is 1.91. The molecular formula is C12H22S. The van der Waals surface area contributed by atoms with E-state index >= 15 is 0 Å². The fourth-order valence-corrected chi connectivity index (χ4v) is 3.34. The van der Waals surface area contributed by atoms with Gasteiger partial charge in [-0.1, -0.05) is 40.2 Å². The lowest BCUT2D eigenvalue weighted by Gasteiger charge is -2.28. The molecule has 1 rings (SSSR count). The van der Waals surface area contributed by atoms with Gasteiger partial charge in [-0.05, 0) is 29.6 Å². The van der Waals surface area contributed by atoms with E-state index in [9.17, 15) is 0 Å². The molecule has 0 saturated heterocycles. The van der Waals surface area contributed by atoms with Crippen LogP contribution in [0.15, 0.2) is 10.5 Å². The van der Waals surface area contributed by atoms with E-state index < -0.39 is 0 Å². The maximum absolute atomic E-state index is 2.35. The third-order valence-electron chi connectivity index (χ3n) is 2.69. The van der Waals surface area contributed by atoms with Gasteiger partial charge in [0.25, 0.3) is 0 Å². The molecule has 1 atom stereocenters. The predicted molar refractivity (Wildman–Crippen MR) is 63.0 cm³/mol. The van der Waals surface area contributed by atoms with Crippen molar-refractivity contribution in [1.82, 2.24) is 0 Å². The van der Waals surface area contributed by atoms with Crippen molar-refractivity contribution < 1.29 is 0 Å². The summed E-state index contributed by atoms with van der Waals surface area (Å²) in [5.74, 6) is 1.47. The van der Waals surface area contributed by atoms with Crippen LogP contribution >= 0.6 is 11.8 Å². The van der Waals surface area contributed by atoms with Gasteiger partial charge in [0.05, 0.1) is 0 Å². The molecule has 0 nitrogen and oxygen atoms in total. The highest BCUT2D eigenvalue weighted by Gasteiger charge is 2.21. The van der Waals surface area contributed by atoms with Gasteiger partial charge in [-0.15, -0.1) is 11.8 Å². The van der Waals surface area contributed by atoms with Crippen molar-refractivity contribution in [2.24, 2.45) is 11.8 Å². The van der Waals surface area contributed by atoms with Crippen molar-refractivity contribution in [3.8, 4) is 0 Å². The van der Waals surface area contributed by atoms with Crippen molar-refractivity contribution in [2.75, 3.05) is 0 Å². The van der Waals surface area contributed by atoms with E-state index in [4.69, 9.17) is 0 Å². The number of hydrogen-bond donors (Lipinski definition) is 0. The van der Waals surface area contributed by atoms with Crippen LogP contribution in [-0.2, 0) is 0 Å². The van der Waals surface area contributed by atoms with E-state index in [1.807, 2.05) is 0 Å². The molecule has 0 spiro atoms. The molecule has 1 aliphatic rings. The smallest absolute Gasteiger partial charge is 0.00660 e. The minimum atomic E-state index is 0.727. The standard InChI is InChI=1S/C12H22S/c1-8(2)11-7-6-10(5)13-12(11)9(3)4/h8-10H,6-7H2,1-5H3/t10-/m1/s1. The SMILES string of the molecule is CC(C)C1=C(C(C)C)S[C@H](C)CC1. The second-order valence-electron chi connectivity index (χ2n) is 4.67. The zero-order valence-electron chi connectivity index (χ0n) is 9.55.